The van der Waals surface area contributed by atoms with Gasteiger partial charge in [-0.3, -0.25) is 4.98 Å². The van der Waals surface area contributed by atoms with Crippen LogP contribution in [0.2, 0.25) is 10.0 Å². The van der Waals surface area contributed by atoms with Gasteiger partial charge in [-0.2, -0.15) is 0 Å². The van der Waals surface area contributed by atoms with Crippen LogP contribution in [0.25, 0.3) is 0 Å². The van der Waals surface area contributed by atoms with Gasteiger partial charge in [0.2, 0.25) is 0 Å². The Hall–Kier alpha value is -1.20. The molecule has 1 aliphatic rings. The van der Waals surface area contributed by atoms with Gasteiger partial charge in [0.05, 0.1) is 15.7 Å². The summed E-state index contributed by atoms with van der Waals surface area (Å²) in [5.41, 5.74) is 0.803. The molecule has 0 bridgehead atoms. The van der Waals surface area contributed by atoms with Crippen molar-refractivity contribution >= 4 is 34.9 Å². The number of nitrogens with one attached hydrogen (secondary N) is 1. The average Bonchev–Trinajstić information content (AvgIpc) is 2.64. The quantitative estimate of drug-likeness (QED) is 0.865. The third kappa shape index (κ3) is 3.22. The van der Waals surface area contributed by atoms with E-state index in [1.165, 1.54) is 0 Å². The predicted molar refractivity (Wildman–Crippen MR) is 77.1 cm³/mol. The van der Waals surface area contributed by atoms with Gasteiger partial charge in [-0.1, -0.05) is 23.2 Å². The highest BCUT2D eigenvalue weighted by molar-refractivity contribution is 6.38. The SMILES string of the molecule is CNC(=O)N1CCCN(c2c(Cl)cncc2Cl)CC1. The van der Waals surface area contributed by atoms with Gasteiger partial charge in [0.15, 0.2) is 0 Å². The maximum atomic E-state index is 11.6. The number of carbonyl (C=O) groups is 1. The maximum Gasteiger partial charge on any atom is 0.317 e. The van der Waals surface area contributed by atoms with Crippen molar-refractivity contribution in [2.24, 2.45) is 0 Å². The molecule has 2 rings (SSSR count). The molecule has 0 atom stereocenters. The van der Waals surface area contributed by atoms with Crippen molar-refractivity contribution in [2.75, 3.05) is 38.1 Å². The number of pyridine rings is 1. The Kier molecular flexibility index (Phi) is 4.71. The summed E-state index contributed by atoms with van der Waals surface area (Å²) in [7, 11) is 1.64. The third-order valence-corrected chi connectivity index (χ3v) is 3.69. The number of hydrogen-bond donors (Lipinski definition) is 1. The fourth-order valence-corrected chi connectivity index (χ4v) is 2.81. The summed E-state index contributed by atoms with van der Waals surface area (Å²) in [4.78, 5) is 19.5. The third-order valence-electron chi connectivity index (χ3n) is 3.14. The lowest BCUT2D eigenvalue weighted by Gasteiger charge is -2.25. The molecule has 1 aromatic heterocycles. The second-order valence-corrected chi connectivity index (χ2v) is 5.15. The summed E-state index contributed by atoms with van der Waals surface area (Å²) >= 11 is 12.3. The van der Waals surface area contributed by atoms with E-state index >= 15 is 0 Å². The minimum absolute atomic E-state index is 0.0474. The number of urea groups is 1. The number of carbonyl (C=O) groups excluding carboxylic acids is 1. The van der Waals surface area contributed by atoms with Crippen LogP contribution in [0.5, 0.6) is 0 Å². The smallest absolute Gasteiger partial charge is 0.317 e. The Bertz CT molecular complexity index is 449. The van der Waals surface area contributed by atoms with E-state index in [1.807, 2.05) is 0 Å². The van der Waals surface area contributed by atoms with Crippen molar-refractivity contribution in [3.05, 3.63) is 22.4 Å². The minimum atomic E-state index is -0.0474. The molecule has 19 heavy (non-hydrogen) atoms. The van der Waals surface area contributed by atoms with E-state index in [4.69, 9.17) is 23.2 Å². The van der Waals surface area contributed by atoms with Gasteiger partial charge in [-0.25, -0.2) is 4.79 Å². The van der Waals surface area contributed by atoms with Gasteiger partial charge in [-0.05, 0) is 6.42 Å². The fraction of sp³-hybridized carbons (Fsp3) is 0.500. The van der Waals surface area contributed by atoms with Gasteiger partial charge in [0.25, 0.3) is 0 Å². The predicted octanol–water partition coefficient (Wildman–Crippen LogP) is 2.24. The standard InChI is InChI=1S/C12H16Cl2N4O/c1-15-12(19)18-4-2-3-17(5-6-18)11-9(13)7-16-8-10(11)14/h7-8H,2-6H2,1H3,(H,15,19). The van der Waals surface area contributed by atoms with Gasteiger partial charge in [0, 0.05) is 45.6 Å². The first-order chi connectivity index (χ1) is 9.13. The lowest BCUT2D eigenvalue weighted by Crippen LogP contribution is -2.40. The largest absolute Gasteiger partial charge is 0.367 e. The Morgan fingerprint density at radius 2 is 1.89 bits per heavy atom. The van der Waals surface area contributed by atoms with Gasteiger partial charge >= 0.3 is 6.03 Å². The molecule has 0 spiro atoms. The molecule has 104 valence electrons. The number of halogens is 2. The van der Waals surface area contributed by atoms with Gasteiger partial charge in [0.1, 0.15) is 0 Å². The lowest BCUT2D eigenvalue weighted by atomic mass is 10.3. The second-order valence-electron chi connectivity index (χ2n) is 4.33. The highest BCUT2D eigenvalue weighted by Gasteiger charge is 2.21. The first-order valence-electron chi connectivity index (χ1n) is 6.14. The van der Waals surface area contributed by atoms with Crippen molar-refractivity contribution in [3.8, 4) is 0 Å². The van der Waals surface area contributed by atoms with Gasteiger partial charge < -0.3 is 15.1 Å². The topological polar surface area (TPSA) is 48.5 Å². The van der Waals surface area contributed by atoms with E-state index in [0.29, 0.717) is 23.1 Å². The van der Waals surface area contributed by atoms with E-state index in [2.05, 4.69) is 15.2 Å². The zero-order valence-electron chi connectivity index (χ0n) is 10.7. The Labute approximate surface area is 122 Å². The zero-order chi connectivity index (χ0) is 13.8. The van der Waals surface area contributed by atoms with Crippen LogP contribution in [0, 0.1) is 0 Å². The van der Waals surface area contributed by atoms with Crippen molar-refractivity contribution in [3.63, 3.8) is 0 Å². The number of anilines is 1. The molecule has 1 N–H and O–H groups in total. The molecule has 2 heterocycles. The van der Waals surface area contributed by atoms with E-state index in [1.54, 1.807) is 24.3 Å². The number of hydrogen-bond acceptors (Lipinski definition) is 3. The first kappa shape index (κ1) is 14.2. The van der Waals surface area contributed by atoms with Crippen LogP contribution in [0.4, 0.5) is 10.5 Å². The second kappa shape index (κ2) is 6.30. The normalized spacial score (nSPS) is 16.2. The molecule has 0 radical (unpaired) electrons. The van der Waals surface area contributed by atoms with Crippen LogP contribution < -0.4 is 10.2 Å². The fourth-order valence-electron chi connectivity index (χ4n) is 2.21. The summed E-state index contributed by atoms with van der Waals surface area (Å²) in [5, 5.41) is 3.73. The Morgan fingerprint density at radius 3 is 2.53 bits per heavy atom. The minimum Gasteiger partial charge on any atom is -0.367 e. The molecule has 0 saturated carbocycles. The average molecular weight is 303 g/mol. The molecule has 1 aliphatic heterocycles. The van der Waals surface area contributed by atoms with E-state index in [0.717, 1.165) is 25.2 Å². The summed E-state index contributed by atoms with van der Waals surface area (Å²) in [5.74, 6) is 0. The van der Waals surface area contributed by atoms with Crippen LogP contribution in [-0.4, -0.2) is 49.1 Å². The summed E-state index contributed by atoms with van der Waals surface area (Å²) in [6.45, 7) is 2.90. The van der Waals surface area contributed by atoms with Crippen LogP contribution >= 0.6 is 23.2 Å². The number of rotatable bonds is 1. The molecule has 0 unspecified atom stereocenters. The highest BCUT2D eigenvalue weighted by atomic mass is 35.5. The van der Waals surface area contributed by atoms with Crippen molar-refractivity contribution in [1.29, 1.82) is 0 Å². The lowest BCUT2D eigenvalue weighted by molar-refractivity contribution is 0.204. The highest BCUT2D eigenvalue weighted by Crippen LogP contribution is 2.32. The van der Waals surface area contributed by atoms with E-state index < -0.39 is 0 Å². The van der Waals surface area contributed by atoms with Crippen molar-refractivity contribution < 1.29 is 4.79 Å². The number of nitrogens with zero attached hydrogens (tertiary/aromatic N) is 3. The molecule has 7 heteroatoms. The number of amides is 2. The maximum absolute atomic E-state index is 11.6. The monoisotopic (exact) mass is 302 g/mol. The summed E-state index contributed by atoms with van der Waals surface area (Å²) in [6, 6.07) is -0.0474. The van der Waals surface area contributed by atoms with Gasteiger partial charge in [-0.15, -0.1) is 0 Å². The molecular formula is C12H16Cl2N4O. The van der Waals surface area contributed by atoms with Crippen LogP contribution in [0.15, 0.2) is 12.4 Å². The zero-order valence-corrected chi connectivity index (χ0v) is 12.2. The Morgan fingerprint density at radius 1 is 1.21 bits per heavy atom. The van der Waals surface area contributed by atoms with Crippen LogP contribution in [0.1, 0.15) is 6.42 Å². The first-order valence-corrected chi connectivity index (χ1v) is 6.89. The molecule has 0 aromatic carbocycles. The molecule has 0 aliphatic carbocycles. The van der Waals surface area contributed by atoms with E-state index in [9.17, 15) is 4.79 Å². The summed E-state index contributed by atoms with van der Waals surface area (Å²) < 4.78 is 0. The van der Waals surface area contributed by atoms with Crippen molar-refractivity contribution in [1.82, 2.24) is 15.2 Å². The molecule has 5 nitrogen and oxygen atoms in total. The molecule has 1 fully saturated rings. The Balaban J connectivity index is 2.13. The van der Waals surface area contributed by atoms with Crippen LogP contribution in [0.3, 0.4) is 0 Å². The molecule has 2 amide bonds. The van der Waals surface area contributed by atoms with E-state index in [-0.39, 0.29) is 6.03 Å². The summed E-state index contributed by atoms with van der Waals surface area (Å²) in [6.07, 6.45) is 4.05. The van der Waals surface area contributed by atoms with Crippen LogP contribution in [-0.2, 0) is 0 Å². The molecule has 1 saturated heterocycles. The van der Waals surface area contributed by atoms with Crippen molar-refractivity contribution in [2.45, 2.75) is 6.42 Å². The number of aromatic nitrogens is 1. The molecule has 1 aromatic rings. The molecular weight excluding hydrogens is 287 g/mol.